The summed E-state index contributed by atoms with van der Waals surface area (Å²) in [5.41, 5.74) is 5.37. The van der Waals surface area contributed by atoms with Gasteiger partial charge in [0.15, 0.2) is 0 Å². The van der Waals surface area contributed by atoms with E-state index in [0.717, 1.165) is 22.5 Å². The third-order valence-electron chi connectivity index (χ3n) is 4.87. The fourth-order valence-corrected chi connectivity index (χ4v) is 3.84. The van der Waals surface area contributed by atoms with E-state index >= 15 is 0 Å². The van der Waals surface area contributed by atoms with E-state index in [0.29, 0.717) is 28.6 Å². The maximum Gasteiger partial charge on any atom is 0.311 e. The van der Waals surface area contributed by atoms with Gasteiger partial charge in [-0.2, -0.15) is 0 Å². The summed E-state index contributed by atoms with van der Waals surface area (Å²) in [5, 5.41) is 6.65. The standard InChI is InChI=1S/C24H26FN3O3S/c1-5-31-24(30)12-18-11-23(28-21-10-15(3)14(2)9-20(21)26-18)32-13-22(29)27-17-6-7-19(25)16(4)8-17/h6-11,26H,5,12-13H2,1-4H3,(H,27,29). The average molecular weight is 456 g/mol. The number of hydrogen-bond acceptors (Lipinski definition) is 6. The minimum Gasteiger partial charge on any atom is -0.466 e. The maximum absolute atomic E-state index is 13.4. The molecule has 1 heterocycles. The Labute approximate surface area is 191 Å². The SMILES string of the molecule is CCOC(=O)CC1=CC(SCC(=O)Nc2ccc(F)c(C)c2)=Nc2cc(C)c(C)cc2N1. The molecule has 0 unspecified atom stereocenters. The van der Waals surface area contributed by atoms with Crippen LogP contribution < -0.4 is 10.6 Å². The predicted octanol–water partition coefficient (Wildman–Crippen LogP) is 5.42. The van der Waals surface area contributed by atoms with Crippen LogP contribution >= 0.6 is 11.8 Å². The van der Waals surface area contributed by atoms with E-state index in [1.807, 2.05) is 26.0 Å². The Bertz CT molecular complexity index is 1110. The number of aryl methyl sites for hydroxylation is 3. The van der Waals surface area contributed by atoms with Gasteiger partial charge in [0.2, 0.25) is 5.91 Å². The number of anilines is 2. The molecule has 168 valence electrons. The van der Waals surface area contributed by atoms with Crippen LogP contribution in [0.4, 0.5) is 21.5 Å². The van der Waals surface area contributed by atoms with E-state index in [2.05, 4.69) is 10.6 Å². The molecule has 0 spiro atoms. The molecule has 0 fully saturated rings. The number of carbonyl (C=O) groups is 2. The van der Waals surface area contributed by atoms with Crippen LogP contribution in [0.1, 0.15) is 30.0 Å². The normalized spacial score (nSPS) is 12.7. The number of ether oxygens (including phenoxy) is 1. The van der Waals surface area contributed by atoms with Crippen LogP contribution in [0, 0.1) is 26.6 Å². The van der Waals surface area contributed by atoms with Gasteiger partial charge in [0.25, 0.3) is 0 Å². The van der Waals surface area contributed by atoms with Crippen molar-refractivity contribution < 1.29 is 18.7 Å². The summed E-state index contributed by atoms with van der Waals surface area (Å²) in [7, 11) is 0. The van der Waals surface area contributed by atoms with Crippen LogP contribution in [0.15, 0.2) is 47.1 Å². The molecule has 0 bridgehead atoms. The highest BCUT2D eigenvalue weighted by molar-refractivity contribution is 8.14. The van der Waals surface area contributed by atoms with E-state index in [1.165, 1.54) is 23.9 Å². The summed E-state index contributed by atoms with van der Waals surface area (Å²) >= 11 is 1.26. The van der Waals surface area contributed by atoms with Crippen molar-refractivity contribution in [1.29, 1.82) is 0 Å². The second-order valence-corrected chi connectivity index (χ2v) is 8.48. The Balaban J connectivity index is 1.78. The first-order valence-corrected chi connectivity index (χ1v) is 11.3. The van der Waals surface area contributed by atoms with Crippen molar-refractivity contribution in [3.05, 3.63) is 64.6 Å². The summed E-state index contributed by atoms with van der Waals surface area (Å²) in [6, 6.07) is 8.40. The number of esters is 1. The first kappa shape index (κ1) is 23.5. The molecule has 0 saturated heterocycles. The fourth-order valence-electron chi connectivity index (χ4n) is 3.10. The van der Waals surface area contributed by atoms with Crippen molar-refractivity contribution in [2.45, 2.75) is 34.1 Å². The Morgan fingerprint density at radius 3 is 2.59 bits per heavy atom. The molecule has 0 saturated carbocycles. The smallest absolute Gasteiger partial charge is 0.311 e. The van der Waals surface area contributed by atoms with Crippen molar-refractivity contribution in [2.24, 2.45) is 4.99 Å². The van der Waals surface area contributed by atoms with Gasteiger partial charge in [-0.05, 0) is 80.8 Å². The molecule has 2 aromatic rings. The summed E-state index contributed by atoms with van der Waals surface area (Å²) in [4.78, 5) is 29.2. The summed E-state index contributed by atoms with van der Waals surface area (Å²) in [6.45, 7) is 7.73. The summed E-state index contributed by atoms with van der Waals surface area (Å²) in [6.07, 6.45) is 1.84. The van der Waals surface area contributed by atoms with Gasteiger partial charge in [0.1, 0.15) is 5.82 Å². The first-order valence-electron chi connectivity index (χ1n) is 10.3. The number of amides is 1. The van der Waals surface area contributed by atoms with Crippen molar-refractivity contribution >= 4 is 45.7 Å². The maximum atomic E-state index is 13.4. The lowest BCUT2D eigenvalue weighted by atomic mass is 10.1. The van der Waals surface area contributed by atoms with Crippen LogP contribution in [-0.4, -0.2) is 29.3 Å². The molecule has 8 heteroatoms. The highest BCUT2D eigenvalue weighted by Gasteiger charge is 2.17. The van der Waals surface area contributed by atoms with E-state index < -0.39 is 0 Å². The molecule has 0 aliphatic carbocycles. The zero-order valence-corrected chi connectivity index (χ0v) is 19.4. The average Bonchev–Trinajstić information content (AvgIpc) is 2.88. The number of aliphatic imine (C=N–C) groups is 1. The number of nitrogens with zero attached hydrogens (tertiary/aromatic N) is 1. The molecule has 3 rings (SSSR count). The van der Waals surface area contributed by atoms with Crippen LogP contribution in [0.25, 0.3) is 0 Å². The third-order valence-corrected chi connectivity index (χ3v) is 5.78. The lowest BCUT2D eigenvalue weighted by molar-refractivity contribution is -0.142. The van der Waals surface area contributed by atoms with Crippen LogP contribution in [-0.2, 0) is 14.3 Å². The minimum atomic E-state index is -0.340. The lowest BCUT2D eigenvalue weighted by Crippen LogP contribution is -2.15. The zero-order valence-electron chi connectivity index (χ0n) is 18.5. The molecular formula is C24H26FN3O3S. The van der Waals surface area contributed by atoms with Gasteiger partial charge in [-0.25, -0.2) is 9.38 Å². The van der Waals surface area contributed by atoms with Crippen molar-refractivity contribution in [3.63, 3.8) is 0 Å². The molecule has 2 N–H and O–H groups in total. The monoisotopic (exact) mass is 455 g/mol. The van der Waals surface area contributed by atoms with Crippen LogP contribution in [0.2, 0.25) is 0 Å². The van der Waals surface area contributed by atoms with Gasteiger partial charge in [-0.3, -0.25) is 9.59 Å². The third kappa shape index (κ3) is 6.20. The van der Waals surface area contributed by atoms with Gasteiger partial charge < -0.3 is 15.4 Å². The number of fused-ring (bicyclic) bond motifs is 1. The molecule has 1 aliphatic rings. The number of hydrogen-bond donors (Lipinski definition) is 2. The fraction of sp³-hybridized carbons (Fsp3) is 0.292. The number of rotatable bonds is 6. The number of benzene rings is 2. The molecule has 0 atom stereocenters. The molecule has 0 radical (unpaired) electrons. The predicted molar refractivity (Wildman–Crippen MR) is 128 cm³/mol. The quantitative estimate of drug-likeness (QED) is 0.569. The Morgan fingerprint density at radius 2 is 1.88 bits per heavy atom. The van der Waals surface area contributed by atoms with E-state index in [-0.39, 0.29) is 29.9 Å². The molecule has 2 aromatic carbocycles. The molecule has 1 amide bonds. The number of halogens is 1. The molecule has 1 aliphatic heterocycles. The van der Waals surface area contributed by atoms with Crippen molar-refractivity contribution in [1.82, 2.24) is 0 Å². The van der Waals surface area contributed by atoms with Crippen LogP contribution in [0.5, 0.6) is 0 Å². The van der Waals surface area contributed by atoms with E-state index in [4.69, 9.17) is 9.73 Å². The number of carbonyl (C=O) groups excluding carboxylic acids is 2. The topological polar surface area (TPSA) is 79.8 Å². The largest absolute Gasteiger partial charge is 0.466 e. The second kappa shape index (κ2) is 10.5. The Hall–Kier alpha value is -3.13. The number of nitrogens with one attached hydrogen (secondary N) is 2. The van der Waals surface area contributed by atoms with Gasteiger partial charge in [0.05, 0.1) is 35.2 Å². The lowest BCUT2D eigenvalue weighted by Gasteiger charge is -2.12. The van der Waals surface area contributed by atoms with Gasteiger partial charge in [-0.15, -0.1) is 0 Å². The molecule has 6 nitrogen and oxygen atoms in total. The highest BCUT2D eigenvalue weighted by atomic mass is 32.2. The van der Waals surface area contributed by atoms with E-state index in [9.17, 15) is 14.0 Å². The Kier molecular flexibility index (Phi) is 7.69. The van der Waals surface area contributed by atoms with E-state index in [1.54, 1.807) is 26.0 Å². The zero-order chi connectivity index (χ0) is 23.3. The minimum absolute atomic E-state index is 0.0703. The van der Waals surface area contributed by atoms with Gasteiger partial charge in [0, 0.05) is 11.4 Å². The summed E-state index contributed by atoms with van der Waals surface area (Å²) < 4.78 is 18.5. The summed E-state index contributed by atoms with van der Waals surface area (Å²) in [5.74, 6) is -0.784. The first-order chi connectivity index (χ1) is 15.2. The van der Waals surface area contributed by atoms with Crippen LogP contribution in [0.3, 0.4) is 0 Å². The van der Waals surface area contributed by atoms with Crippen molar-refractivity contribution in [3.8, 4) is 0 Å². The molecule has 32 heavy (non-hydrogen) atoms. The molecular weight excluding hydrogens is 429 g/mol. The van der Waals surface area contributed by atoms with Gasteiger partial charge in [-0.1, -0.05) is 11.8 Å². The van der Waals surface area contributed by atoms with Crippen molar-refractivity contribution in [2.75, 3.05) is 23.0 Å². The number of thioether (sulfide) groups is 1. The van der Waals surface area contributed by atoms with Gasteiger partial charge >= 0.3 is 5.97 Å². The second-order valence-electron chi connectivity index (χ2n) is 7.48. The molecule has 0 aromatic heterocycles. The highest BCUT2D eigenvalue weighted by Crippen LogP contribution is 2.34. The Morgan fingerprint density at radius 1 is 1.12 bits per heavy atom.